The Morgan fingerprint density at radius 1 is 1.21 bits per heavy atom. The third-order valence-corrected chi connectivity index (χ3v) is 5.45. The van der Waals surface area contributed by atoms with E-state index in [0.717, 1.165) is 16.7 Å². The van der Waals surface area contributed by atoms with E-state index in [4.69, 9.17) is 11.6 Å². The Hall–Kier alpha value is -0.180. The first-order valence-corrected chi connectivity index (χ1v) is 8.82. The van der Waals surface area contributed by atoms with Crippen LogP contribution in [0.15, 0.2) is 24.3 Å². The van der Waals surface area contributed by atoms with E-state index in [1.807, 2.05) is 23.9 Å². The second-order valence-corrected chi connectivity index (χ2v) is 6.90. The Kier molecular flexibility index (Phi) is 6.55. The maximum Gasteiger partial charge on any atom is 0.0406 e. The second-order valence-electron chi connectivity index (χ2n) is 5.43. The van der Waals surface area contributed by atoms with Gasteiger partial charge in [0, 0.05) is 22.6 Å². The summed E-state index contributed by atoms with van der Waals surface area (Å²) < 4.78 is 0. The van der Waals surface area contributed by atoms with Gasteiger partial charge in [-0.05, 0) is 43.5 Å². The van der Waals surface area contributed by atoms with Gasteiger partial charge in [-0.1, -0.05) is 43.0 Å². The summed E-state index contributed by atoms with van der Waals surface area (Å²) in [5, 5.41) is 4.35. The molecule has 1 fully saturated rings. The lowest BCUT2D eigenvalue weighted by Crippen LogP contribution is -2.36. The number of hydrogen-bond donors (Lipinski definition) is 1. The highest BCUT2D eigenvalue weighted by atomic mass is 35.5. The molecular formula is C16H24ClNS. The molecule has 1 aromatic carbocycles. The monoisotopic (exact) mass is 297 g/mol. The predicted molar refractivity (Wildman–Crippen MR) is 87.0 cm³/mol. The molecule has 3 heteroatoms. The Bertz CT molecular complexity index is 360. The summed E-state index contributed by atoms with van der Waals surface area (Å²) in [6.07, 6.45) is 7.10. The molecule has 0 spiro atoms. The van der Waals surface area contributed by atoms with Gasteiger partial charge in [0.05, 0.1) is 0 Å². The zero-order chi connectivity index (χ0) is 13.5. The lowest BCUT2D eigenvalue weighted by molar-refractivity contribution is 0.294. The first-order valence-electron chi connectivity index (χ1n) is 7.29. The second kappa shape index (κ2) is 8.18. The lowest BCUT2D eigenvalue weighted by Gasteiger charge is -2.29. The van der Waals surface area contributed by atoms with Gasteiger partial charge in [0.15, 0.2) is 0 Å². The Morgan fingerprint density at radius 2 is 1.89 bits per heavy atom. The van der Waals surface area contributed by atoms with Crippen molar-refractivity contribution in [1.29, 1.82) is 0 Å². The minimum atomic E-state index is 0.678. The van der Waals surface area contributed by atoms with Gasteiger partial charge in [0.1, 0.15) is 0 Å². The molecule has 2 rings (SSSR count). The molecule has 106 valence electrons. The van der Waals surface area contributed by atoms with Crippen LogP contribution in [-0.4, -0.2) is 18.8 Å². The molecule has 0 saturated heterocycles. The summed E-state index contributed by atoms with van der Waals surface area (Å²) >= 11 is 7.94. The molecule has 0 aliphatic heterocycles. The average molecular weight is 298 g/mol. The number of rotatable bonds is 6. The van der Waals surface area contributed by atoms with Crippen molar-refractivity contribution in [2.75, 3.05) is 12.8 Å². The van der Waals surface area contributed by atoms with E-state index in [2.05, 4.69) is 24.5 Å². The van der Waals surface area contributed by atoms with Crippen LogP contribution in [0.2, 0.25) is 5.02 Å². The predicted octanol–water partition coefficient (Wildman–Crippen LogP) is 4.74. The molecule has 0 amide bonds. The Balaban J connectivity index is 1.74. The van der Waals surface area contributed by atoms with E-state index < -0.39 is 0 Å². The SMILES string of the molecule is CNC(CSCc1ccc(Cl)cc1)C1CCCCC1. The van der Waals surface area contributed by atoms with Gasteiger partial charge in [-0.15, -0.1) is 0 Å². The zero-order valence-electron chi connectivity index (χ0n) is 11.7. The summed E-state index contributed by atoms with van der Waals surface area (Å²) in [5.41, 5.74) is 1.37. The van der Waals surface area contributed by atoms with Crippen molar-refractivity contribution < 1.29 is 0 Å². The molecule has 0 radical (unpaired) electrons. The van der Waals surface area contributed by atoms with E-state index in [9.17, 15) is 0 Å². The van der Waals surface area contributed by atoms with E-state index in [1.54, 1.807) is 0 Å². The van der Waals surface area contributed by atoms with Gasteiger partial charge in [0.25, 0.3) is 0 Å². The van der Waals surface area contributed by atoms with E-state index in [1.165, 1.54) is 43.4 Å². The van der Waals surface area contributed by atoms with Crippen LogP contribution < -0.4 is 5.32 Å². The quantitative estimate of drug-likeness (QED) is 0.814. The van der Waals surface area contributed by atoms with Crippen LogP contribution >= 0.6 is 23.4 Å². The maximum absolute atomic E-state index is 5.90. The van der Waals surface area contributed by atoms with E-state index in [0.29, 0.717) is 6.04 Å². The van der Waals surface area contributed by atoms with Gasteiger partial charge in [-0.25, -0.2) is 0 Å². The van der Waals surface area contributed by atoms with Gasteiger partial charge >= 0.3 is 0 Å². The maximum atomic E-state index is 5.90. The fourth-order valence-electron chi connectivity index (χ4n) is 2.88. The first-order chi connectivity index (χ1) is 9.29. The Labute approximate surface area is 126 Å². The molecule has 1 aliphatic carbocycles. The van der Waals surface area contributed by atoms with Crippen LogP contribution in [-0.2, 0) is 5.75 Å². The summed E-state index contributed by atoms with van der Waals surface area (Å²) in [4.78, 5) is 0. The van der Waals surface area contributed by atoms with Crippen LogP contribution in [0.5, 0.6) is 0 Å². The molecule has 0 heterocycles. The average Bonchev–Trinajstić information content (AvgIpc) is 2.46. The molecule has 1 aliphatic rings. The van der Waals surface area contributed by atoms with E-state index >= 15 is 0 Å². The van der Waals surface area contributed by atoms with Gasteiger partial charge in [0.2, 0.25) is 0 Å². The zero-order valence-corrected chi connectivity index (χ0v) is 13.3. The smallest absolute Gasteiger partial charge is 0.0406 e. The largest absolute Gasteiger partial charge is 0.316 e. The molecule has 0 bridgehead atoms. The molecular weight excluding hydrogens is 274 g/mol. The lowest BCUT2D eigenvalue weighted by atomic mass is 9.84. The number of halogens is 1. The molecule has 1 saturated carbocycles. The highest BCUT2D eigenvalue weighted by Gasteiger charge is 2.21. The van der Waals surface area contributed by atoms with Crippen molar-refractivity contribution in [3.63, 3.8) is 0 Å². The van der Waals surface area contributed by atoms with Crippen molar-refractivity contribution >= 4 is 23.4 Å². The number of nitrogens with one attached hydrogen (secondary N) is 1. The first kappa shape index (κ1) is 15.2. The van der Waals surface area contributed by atoms with Crippen molar-refractivity contribution in [1.82, 2.24) is 5.32 Å². The highest BCUT2D eigenvalue weighted by Crippen LogP contribution is 2.28. The van der Waals surface area contributed by atoms with Crippen LogP contribution in [0.25, 0.3) is 0 Å². The standard InChI is InChI=1S/C16H24ClNS/c1-18-16(14-5-3-2-4-6-14)12-19-11-13-7-9-15(17)10-8-13/h7-10,14,16,18H,2-6,11-12H2,1H3. The van der Waals surface area contributed by atoms with Gasteiger partial charge in [-0.3, -0.25) is 0 Å². The van der Waals surface area contributed by atoms with Crippen LogP contribution in [0.1, 0.15) is 37.7 Å². The molecule has 1 aromatic rings. The summed E-state index contributed by atoms with van der Waals surface area (Å²) in [5.74, 6) is 3.18. The molecule has 1 nitrogen and oxygen atoms in total. The number of benzene rings is 1. The minimum absolute atomic E-state index is 0.678. The van der Waals surface area contributed by atoms with Crippen LogP contribution in [0.4, 0.5) is 0 Å². The summed E-state index contributed by atoms with van der Waals surface area (Å²) in [6, 6.07) is 8.90. The van der Waals surface area contributed by atoms with E-state index in [-0.39, 0.29) is 0 Å². The Morgan fingerprint density at radius 3 is 2.53 bits per heavy atom. The fourth-order valence-corrected chi connectivity index (χ4v) is 4.24. The normalized spacial score (nSPS) is 18.4. The molecule has 1 atom stereocenters. The van der Waals surface area contributed by atoms with Crippen molar-refractivity contribution in [2.24, 2.45) is 5.92 Å². The molecule has 1 N–H and O–H groups in total. The van der Waals surface area contributed by atoms with Crippen molar-refractivity contribution in [2.45, 2.75) is 43.9 Å². The van der Waals surface area contributed by atoms with Crippen LogP contribution in [0.3, 0.4) is 0 Å². The highest BCUT2D eigenvalue weighted by molar-refractivity contribution is 7.98. The number of hydrogen-bond acceptors (Lipinski definition) is 2. The third kappa shape index (κ3) is 5.02. The number of thioether (sulfide) groups is 1. The minimum Gasteiger partial charge on any atom is -0.316 e. The van der Waals surface area contributed by atoms with Crippen LogP contribution in [0, 0.1) is 5.92 Å². The summed E-state index contributed by atoms with van der Waals surface area (Å²) in [6.45, 7) is 0. The van der Waals surface area contributed by atoms with Crippen molar-refractivity contribution in [3.05, 3.63) is 34.9 Å². The molecule has 19 heavy (non-hydrogen) atoms. The summed E-state index contributed by atoms with van der Waals surface area (Å²) in [7, 11) is 2.11. The van der Waals surface area contributed by atoms with Gasteiger partial charge in [-0.2, -0.15) is 11.8 Å². The topological polar surface area (TPSA) is 12.0 Å². The fraction of sp³-hybridized carbons (Fsp3) is 0.625. The van der Waals surface area contributed by atoms with Crippen molar-refractivity contribution in [3.8, 4) is 0 Å². The molecule has 0 aromatic heterocycles. The van der Waals surface area contributed by atoms with Gasteiger partial charge < -0.3 is 5.32 Å². The molecule has 1 unspecified atom stereocenters. The third-order valence-electron chi connectivity index (χ3n) is 4.07.